The van der Waals surface area contributed by atoms with Gasteiger partial charge in [-0.25, -0.2) is 0 Å². The minimum absolute atomic E-state index is 0.00558. The summed E-state index contributed by atoms with van der Waals surface area (Å²) in [7, 11) is 0. The normalized spacial score (nSPS) is 15.4. The number of carbonyl (C=O) groups is 3. The first kappa shape index (κ1) is 21.7. The van der Waals surface area contributed by atoms with Gasteiger partial charge in [-0.3, -0.25) is 24.6 Å². The summed E-state index contributed by atoms with van der Waals surface area (Å²) in [6.45, 7) is 2.18. The van der Waals surface area contributed by atoms with E-state index in [4.69, 9.17) is 23.8 Å². The zero-order valence-corrected chi connectivity index (χ0v) is 18.7. The maximum atomic E-state index is 12.8. The van der Waals surface area contributed by atoms with Crippen molar-refractivity contribution in [3.8, 4) is 0 Å². The molecule has 0 aliphatic carbocycles. The Labute approximate surface area is 194 Å². The summed E-state index contributed by atoms with van der Waals surface area (Å²) in [5.74, 6) is -1.21. The van der Waals surface area contributed by atoms with Crippen LogP contribution in [-0.2, 0) is 20.9 Å². The van der Waals surface area contributed by atoms with Crippen LogP contribution in [0.15, 0.2) is 60.3 Å². The Hall–Kier alpha value is -3.49. The summed E-state index contributed by atoms with van der Waals surface area (Å²) in [5.41, 5.74) is 2.09. The molecule has 9 heteroatoms. The summed E-state index contributed by atoms with van der Waals surface area (Å²) in [5, 5.41) is 6.88. The quantitative estimate of drug-likeness (QED) is 0.342. The molecule has 0 radical (unpaired) electrons. The molecule has 1 saturated heterocycles. The monoisotopic (exact) mass is 466 g/mol. The van der Waals surface area contributed by atoms with Crippen LogP contribution in [0.1, 0.15) is 12.5 Å². The van der Waals surface area contributed by atoms with Crippen LogP contribution >= 0.6 is 23.8 Å². The lowest BCUT2D eigenvalue weighted by Crippen LogP contribution is -2.53. The maximum absolute atomic E-state index is 12.8. The molecule has 0 saturated carbocycles. The maximum Gasteiger partial charge on any atom is 0.265 e. The number of rotatable bonds is 5. The number of para-hydroxylation sites is 1. The van der Waals surface area contributed by atoms with Gasteiger partial charge in [0.25, 0.3) is 11.8 Å². The summed E-state index contributed by atoms with van der Waals surface area (Å²) < 4.78 is 1.78. The average molecular weight is 467 g/mol. The fourth-order valence-electron chi connectivity index (χ4n) is 3.55. The molecule has 1 aliphatic rings. The van der Waals surface area contributed by atoms with Crippen molar-refractivity contribution in [2.45, 2.75) is 13.5 Å². The molecule has 1 aromatic heterocycles. The van der Waals surface area contributed by atoms with Gasteiger partial charge in [0.05, 0.1) is 0 Å². The molecule has 2 heterocycles. The first-order valence-electron chi connectivity index (χ1n) is 9.89. The third-order valence-electron chi connectivity index (χ3n) is 5.06. The highest BCUT2D eigenvalue weighted by Crippen LogP contribution is 2.25. The van der Waals surface area contributed by atoms with E-state index in [1.54, 1.807) is 42.0 Å². The van der Waals surface area contributed by atoms with E-state index < -0.39 is 11.8 Å². The van der Waals surface area contributed by atoms with Gasteiger partial charge in [0.1, 0.15) is 12.1 Å². The van der Waals surface area contributed by atoms with Crippen LogP contribution < -0.4 is 10.6 Å². The number of hydrogen-bond acceptors (Lipinski definition) is 4. The minimum atomic E-state index is -0.540. The molecule has 0 atom stereocenters. The molecule has 2 N–H and O–H groups in total. The number of anilines is 1. The predicted octanol–water partition coefficient (Wildman–Crippen LogP) is 3.58. The van der Waals surface area contributed by atoms with Gasteiger partial charge in [-0.05, 0) is 55.5 Å². The number of fused-ring (bicyclic) bond motifs is 1. The summed E-state index contributed by atoms with van der Waals surface area (Å²) in [6, 6.07) is 14.3. The van der Waals surface area contributed by atoms with E-state index in [1.807, 2.05) is 24.3 Å². The predicted molar refractivity (Wildman–Crippen MR) is 128 cm³/mol. The summed E-state index contributed by atoms with van der Waals surface area (Å²) in [4.78, 5) is 39.1. The number of carbonyl (C=O) groups excluding carboxylic acids is 3. The van der Waals surface area contributed by atoms with E-state index in [-0.39, 0.29) is 23.1 Å². The molecule has 3 amide bonds. The highest BCUT2D eigenvalue weighted by Gasteiger charge is 2.32. The lowest BCUT2D eigenvalue weighted by Gasteiger charge is -2.27. The number of likely N-dealkylation sites (N-methyl/N-ethyl adjacent to an activating group) is 1. The number of aromatic nitrogens is 1. The molecule has 0 unspecified atom stereocenters. The van der Waals surface area contributed by atoms with Gasteiger partial charge < -0.3 is 9.88 Å². The molecule has 7 nitrogen and oxygen atoms in total. The minimum Gasteiger partial charge on any atom is -0.337 e. The van der Waals surface area contributed by atoms with Crippen molar-refractivity contribution in [1.29, 1.82) is 0 Å². The highest BCUT2D eigenvalue weighted by molar-refractivity contribution is 7.80. The first-order chi connectivity index (χ1) is 15.4. The van der Waals surface area contributed by atoms with Crippen molar-refractivity contribution in [3.63, 3.8) is 0 Å². The van der Waals surface area contributed by atoms with Crippen molar-refractivity contribution < 1.29 is 14.4 Å². The Morgan fingerprint density at radius 1 is 1.16 bits per heavy atom. The van der Waals surface area contributed by atoms with Crippen molar-refractivity contribution in [2.75, 3.05) is 11.9 Å². The number of nitrogens with zero attached hydrogens (tertiary/aromatic N) is 2. The van der Waals surface area contributed by atoms with Crippen molar-refractivity contribution in [2.24, 2.45) is 0 Å². The Balaban J connectivity index is 1.66. The molecule has 3 aromatic rings. The van der Waals surface area contributed by atoms with E-state index in [9.17, 15) is 14.4 Å². The zero-order valence-electron chi connectivity index (χ0n) is 17.1. The van der Waals surface area contributed by atoms with Crippen LogP contribution in [0.3, 0.4) is 0 Å². The van der Waals surface area contributed by atoms with Crippen molar-refractivity contribution >= 4 is 69.3 Å². The summed E-state index contributed by atoms with van der Waals surface area (Å²) >= 11 is 11.0. The molecule has 32 heavy (non-hydrogen) atoms. The largest absolute Gasteiger partial charge is 0.337 e. The van der Waals surface area contributed by atoms with Crippen LogP contribution in [0.2, 0.25) is 5.02 Å². The number of amides is 3. The van der Waals surface area contributed by atoms with Crippen LogP contribution in [0.5, 0.6) is 0 Å². The molecule has 1 fully saturated rings. The van der Waals surface area contributed by atoms with E-state index in [2.05, 4.69) is 10.6 Å². The van der Waals surface area contributed by atoms with Crippen LogP contribution in [-0.4, -0.2) is 38.8 Å². The molecular formula is C23H19ClN4O3S. The third kappa shape index (κ3) is 4.28. The van der Waals surface area contributed by atoms with E-state index >= 15 is 0 Å². The third-order valence-corrected chi connectivity index (χ3v) is 5.64. The lowest BCUT2D eigenvalue weighted by atomic mass is 10.1. The zero-order chi connectivity index (χ0) is 22.8. The van der Waals surface area contributed by atoms with E-state index in [0.717, 1.165) is 10.9 Å². The first-order valence-corrected chi connectivity index (χ1v) is 10.7. The molecule has 162 valence electrons. The smallest absolute Gasteiger partial charge is 0.265 e. The fourth-order valence-corrected chi connectivity index (χ4v) is 3.98. The standard InChI is InChI=1S/C23H19ClN4O3S/c1-2-28-22(31)18(21(30)26-23(28)32)11-14-12-27(19-6-4-3-5-17(14)19)13-20(29)25-16-9-7-15(24)8-10-16/h3-12H,2,13H2,1H3,(H,25,29)(H,26,30,32)/b18-11+. The Bertz CT molecular complexity index is 1280. The molecule has 2 aromatic carbocycles. The SMILES string of the molecule is CCN1C(=O)/C(=C/c2cn(CC(=O)Nc3ccc(Cl)cc3)c3ccccc23)C(=O)NC1=S. The molecule has 4 rings (SSSR count). The highest BCUT2D eigenvalue weighted by atomic mass is 35.5. The van der Waals surface area contributed by atoms with E-state index in [0.29, 0.717) is 22.8 Å². The van der Waals surface area contributed by atoms with Crippen LogP contribution in [0.4, 0.5) is 5.69 Å². The van der Waals surface area contributed by atoms with Gasteiger partial charge in [-0.1, -0.05) is 29.8 Å². The van der Waals surface area contributed by atoms with Crippen LogP contribution in [0.25, 0.3) is 17.0 Å². The van der Waals surface area contributed by atoms with Crippen LogP contribution in [0, 0.1) is 0 Å². The fraction of sp³-hybridized carbons (Fsp3) is 0.130. The van der Waals surface area contributed by atoms with E-state index in [1.165, 1.54) is 11.0 Å². The molecule has 0 bridgehead atoms. The van der Waals surface area contributed by atoms with Gasteiger partial charge in [-0.2, -0.15) is 0 Å². The van der Waals surface area contributed by atoms with Gasteiger partial charge in [0, 0.05) is 39.9 Å². The Kier molecular flexibility index (Phi) is 6.07. The van der Waals surface area contributed by atoms with Gasteiger partial charge in [0.15, 0.2) is 5.11 Å². The number of nitrogens with one attached hydrogen (secondary N) is 2. The molecule has 0 spiro atoms. The van der Waals surface area contributed by atoms with Gasteiger partial charge in [-0.15, -0.1) is 0 Å². The van der Waals surface area contributed by atoms with Gasteiger partial charge in [0.2, 0.25) is 5.91 Å². The second-order valence-corrected chi connectivity index (χ2v) is 7.97. The Morgan fingerprint density at radius 2 is 1.88 bits per heavy atom. The Morgan fingerprint density at radius 3 is 2.59 bits per heavy atom. The molecule has 1 aliphatic heterocycles. The lowest BCUT2D eigenvalue weighted by molar-refractivity contribution is -0.128. The van der Waals surface area contributed by atoms with Gasteiger partial charge >= 0.3 is 0 Å². The molecular weight excluding hydrogens is 448 g/mol. The second-order valence-electron chi connectivity index (χ2n) is 7.15. The second kappa shape index (κ2) is 8.94. The number of benzene rings is 2. The topological polar surface area (TPSA) is 83.4 Å². The van der Waals surface area contributed by atoms with Crippen molar-refractivity contribution in [1.82, 2.24) is 14.8 Å². The number of halogens is 1. The summed E-state index contributed by atoms with van der Waals surface area (Å²) in [6.07, 6.45) is 3.29. The van der Waals surface area contributed by atoms with Crippen molar-refractivity contribution in [3.05, 3.63) is 70.9 Å². The number of thiocarbonyl (C=S) groups is 1. The number of hydrogen-bond donors (Lipinski definition) is 2. The average Bonchev–Trinajstić information content (AvgIpc) is 3.10.